The van der Waals surface area contributed by atoms with Gasteiger partial charge in [-0.05, 0) is 18.4 Å². The number of aliphatic carboxylic acids is 1. The van der Waals surface area contributed by atoms with Crippen molar-refractivity contribution in [1.82, 2.24) is 5.32 Å². The molecule has 1 aromatic rings. The second-order valence-electron chi connectivity index (χ2n) is 3.76. The van der Waals surface area contributed by atoms with E-state index in [0.29, 0.717) is 5.56 Å². The van der Waals surface area contributed by atoms with Crippen molar-refractivity contribution in [3.8, 4) is 0 Å². The van der Waals surface area contributed by atoms with Gasteiger partial charge in [-0.1, -0.05) is 0 Å². The molecule has 5 nitrogen and oxygen atoms in total. The maximum atomic E-state index is 11.5. The maximum absolute atomic E-state index is 11.5. The predicted octanol–water partition coefficient (Wildman–Crippen LogP) is 0.704. The monoisotopic (exact) mass is 243 g/mol. The molecule has 0 fully saturated rings. The Morgan fingerprint density at radius 2 is 2.25 bits per heavy atom. The van der Waals surface area contributed by atoms with E-state index in [9.17, 15) is 14.7 Å². The summed E-state index contributed by atoms with van der Waals surface area (Å²) in [6.45, 7) is 1.28. The Morgan fingerprint density at radius 3 is 2.75 bits per heavy atom. The highest BCUT2D eigenvalue weighted by Crippen LogP contribution is 2.09. The fourth-order valence-corrected chi connectivity index (χ4v) is 1.79. The average Bonchev–Trinajstić information content (AvgIpc) is 2.64. The van der Waals surface area contributed by atoms with Crippen LogP contribution in [-0.4, -0.2) is 34.2 Å². The molecule has 88 valence electrons. The minimum Gasteiger partial charge on any atom is -0.481 e. The van der Waals surface area contributed by atoms with Crippen molar-refractivity contribution < 1.29 is 19.8 Å². The van der Waals surface area contributed by atoms with E-state index in [-0.39, 0.29) is 12.5 Å². The largest absolute Gasteiger partial charge is 0.481 e. The van der Waals surface area contributed by atoms with Gasteiger partial charge in [0.2, 0.25) is 0 Å². The molecule has 0 aliphatic heterocycles. The van der Waals surface area contributed by atoms with Crippen LogP contribution in [0.1, 0.15) is 23.7 Å². The van der Waals surface area contributed by atoms with Crippen LogP contribution in [0.15, 0.2) is 16.8 Å². The van der Waals surface area contributed by atoms with E-state index in [2.05, 4.69) is 5.32 Å². The van der Waals surface area contributed by atoms with E-state index in [1.807, 2.05) is 0 Å². The number of hydrogen-bond donors (Lipinski definition) is 3. The van der Waals surface area contributed by atoms with Crippen molar-refractivity contribution >= 4 is 23.2 Å². The van der Waals surface area contributed by atoms with E-state index < -0.39 is 18.0 Å². The second-order valence-corrected chi connectivity index (χ2v) is 4.54. The molecule has 0 saturated heterocycles. The molecule has 1 atom stereocenters. The van der Waals surface area contributed by atoms with Crippen LogP contribution < -0.4 is 5.32 Å². The van der Waals surface area contributed by atoms with Gasteiger partial charge in [0.25, 0.3) is 5.91 Å². The molecular formula is C10H13NO4S. The number of hydrogen-bond acceptors (Lipinski definition) is 4. The minimum atomic E-state index is -1.43. The van der Waals surface area contributed by atoms with E-state index >= 15 is 0 Å². The predicted molar refractivity (Wildman–Crippen MR) is 59.5 cm³/mol. The molecule has 0 spiro atoms. The summed E-state index contributed by atoms with van der Waals surface area (Å²) < 4.78 is 0. The Labute approximate surface area is 96.7 Å². The molecule has 0 aliphatic rings. The van der Waals surface area contributed by atoms with Crippen molar-refractivity contribution in [2.24, 2.45) is 0 Å². The first-order valence-corrected chi connectivity index (χ1v) is 5.59. The number of carbonyl (C=O) groups is 2. The third-order valence-corrected chi connectivity index (χ3v) is 2.63. The molecule has 1 heterocycles. The number of thiophene rings is 1. The zero-order valence-corrected chi connectivity index (χ0v) is 9.58. The maximum Gasteiger partial charge on any atom is 0.306 e. The number of aliphatic hydroxyl groups is 1. The Balaban J connectivity index is 2.45. The van der Waals surface area contributed by atoms with Crippen molar-refractivity contribution in [2.75, 3.05) is 6.54 Å². The van der Waals surface area contributed by atoms with Crippen molar-refractivity contribution in [2.45, 2.75) is 18.9 Å². The number of amides is 1. The van der Waals surface area contributed by atoms with E-state index in [1.165, 1.54) is 18.3 Å². The first kappa shape index (κ1) is 12.7. The molecular weight excluding hydrogens is 230 g/mol. The number of nitrogens with one attached hydrogen (secondary N) is 1. The van der Waals surface area contributed by atoms with Gasteiger partial charge in [-0.25, -0.2) is 0 Å². The number of rotatable bonds is 5. The summed E-state index contributed by atoms with van der Waals surface area (Å²) in [6.07, 6.45) is -0.406. The molecule has 6 heteroatoms. The van der Waals surface area contributed by atoms with Gasteiger partial charge in [-0.2, -0.15) is 11.3 Å². The van der Waals surface area contributed by atoms with Crippen LogP contribution in [0, 0.1) is 0 Å². The van der Waals surface area contributed by atoms with Gasteiger partial charge in [-0.15, -0.1) is 0 Å². The number of carbonyl (C=O) groups excluding carboxylic acids is 1. The van der Waals surface area contributed by atoms with Crippen LogP contribution in [-0.2, 0) is 4.79 Å². The highest BCUT2D eigenvalue weighted by Gasteiger charge is 2.24. The standard InChI is InChI=1S/C10H13NO4S/c1-10(15,4-8(12)13)6-11-9(14)7-2-3-16-5-7/h2-3,5,15H,4,6H2,1H3,(H,11,14)(H,12,13). The van der Waals surface area contributed by atoms with Crippen LogP contribution in [0.3, 0.4) is 0 Å². The Bertz CT molecular complexity index is 372. The molecule has 3 N–H and O–H groups in total. The molecule has 0 radical (unpaired) electrons. The van der Waals surface area contributed by atoms with Gasteiger partial charge in [0, 0.05) is 17.5 Å². The lowest BCUT2D eigenvalue weighted by Crippen LogP contribution is -2.42. The van der Waals surface area contributed by atoms with Gasteiger partial charge in [0.1, 0.15) is 0 Å². The fourth-order valence-electron chi connectivity index (χ4n) is 1.15. The first-order chi connectivity index (χ1) is 7.41. The third kappa shape index (κ3) is 4.00. The van der Waals surface area contributed by atoms with Crippen LogP contribution in [0.25, 0.3) is 0 Å². The van der Waals surface area contributed by atoms with E-state index in [0.717, 1.165) is 0 Å². The number of carboxylic acid groups (broad SMARTS) is 1. The van der Waals surface area contributed by atoms with Crippen LogP contribution in [0.4, 0.5) is 0 Å². The topological polar surface area (TPSA) is 86.6 Å². The van der Waals surface area contributed by atoms with Gasteiger partial charge in [-0.3, -0.25) is 9.59 Å². The molecule has 0 bridgehead atoms. The zero-order chi connectivity index (χ0) is 12.2. The lowest BCUT2D eigenvalue weighted by molar-refractivity contribution is -0.141. The van der Waals surface area contributed by atoms with Crippen molar-refractivity contribution in [3.63, 3.8) is 0 Å². The smallest absolute Gasteiger partial charge is 0.306 e. The quantitative estimate of drug-likeness (QED) is 0.710. The van der Waals surface area contributed by atoms with E-state index in [1.54, 1.807) is 16.8 Å². The van der Waals surface area contributed by atoms with Gasteiger partial charge in [0.05, 0.1) is 12.0 Å². The second kappa shape index (κ2) is 5.09. The number of carboxylic acids is 1. The normalized spacial score (nSPS) is 14.1. The summed E-state index contributed by atoms with van der Waals surface area (Å²) in [5.41, 5.74) is -0.923. The summed E-state index contributed by atoms with van der Waals surface area (Å²) in [4.78, 5) is 21.9. The average molecular weight is 243 g/mol. The molecule has 1 amide bonds. The zero-order valence-electron chi connectivity index (χ0n) is 8.77. The SMILES string of the molecule is CC(O)(CNC(=O)c1ccsc1)CC(=O)O. The Kier molecular flexibility index (Phi) is 4.03. The van der Waals surface area contributed by atoms with E-state index in [4.69, 9.17) is 5.11 Å². The third-order valence-electron chi connectivity index (χ3n) is 1.95. The van der Waals surface area contributed by atoms with Crippen LogP contribution in [0.2, 0.25) is 0 Å². The Morgan fingerprint density at radius 1 is 1.56 bits per heavy atom. The van der Waals surface area contributed by atoms with Crippen molar-refractivity contribution in [1.29, 1.82) is 0 Å². The molecule has 1 aromatic heterocycles. The first-order valence-electron chi connectivity index (χ1n) is 4.65. The Hall–Kier alpha value is -1.40. The summed E-state index contributed by atoms with van der Waals surface area (Å²) in [6, 6.07) is 1.66. The highest BCUT2D eigenvalue weighted by molar-refractivity contribution is 7.08. The van der Waals surface area contributed by atoms with Gasteiger partial charge >= 0.3 is 5.97 Å². The summed E-state index contributed by atoms with van der Waals surface area (Å²) in [5, 5.41) is 24.1. The van der Waals surface area contributed by atoms with Gasteiger partial charge in [0.15, 0.2) is 0 Å². The minimum absolute atomic E-state index is 0.0893. The molecule has 0 saturated carbocycles. The summed E-state index contributed by atoms with van der Waals surface area (Å²) in [5.74, 6) is -1.42. The van der Waals surface area contributed by atoms with Crippen molar-refractivity contribution in [3.05, 3.63) is 22.4 Å². The fraction of sp³-hybridized carbons (Fsp3) is 0.400. The van der Waals surface area contributed by atoms with Gasteiger partial charge < -0.3 is 15.5 Å². The molecule has 1 unspecified atom stereocenters. The highest BCUT2D eigenvalue weighted by atomic mass is 32.1. The lowest BCUT2D eigenvalue weighted by atomic mass is 10.0. The molecule has 0 aromatic carbocycles. The molecule has 16 heavy (non-hydrogen) atoms. The summed E-state index contributed by atoms with van der Waals surface area (Å²) >= 11 is 1.39. The summed E-state index contributed by atoms with van der Waals surface area (Å²) in [7, 11) is 0. The van der Waals surface area contributed by atoms with Crippen LogP contribution in [0.5, 0.6) is 0 Å². The molecule has 1 rings (SSSR count). The molecule has 0 aliphatic carbocycles. The van der Waals surface area contributed by atoms with Crippen LogP contribution >= 0.6 is 11.3 Å². The lowest BCUT2D eigenvalue weighted by Gasteiger charge is -2.21.